The summed E-state index contributed by atoms with van der Waals surface area (Å²) in [4.78, 5) is 11.0. The quantitative estimate of drug-likeness (QED) is 0.809. The Morgan fingerprint density at radius 3 is 2.65 bits per heavy atom. The van der Waals surface area contributed by atoms with Gasteiger partial charge < -0.3 is 19.9 Å². The fourth-order valence-electron chi connectivity index (χ4n) is 1.28. The summed E-state index contributed by atoms with van der Waals surface area (Å²) in [7, 11) is 2.77. The lowest BCUT2D eigenvalue weighted by atomic mass is 10.2. The molecule has 1 aromatic rings. The van der Waals surface area contributed by atoms with Crippen molar-refractivity contribution in [3.05, 3.63) is 22.7 Å². The fourth-order valence-corrected chi connectivity index (χ4v) is 1.51. The zero-order chi connectivity index (χ0) is 12.8. The molecule has 0 saturated heterocycles. The molecule has 0 aliphatic carbocycles. The first kappa shape index (κ1) is 13.6. The summed E-state index contributed by atoms with van der Waals surface area (Å²) in [5.41, 5.74) is 6.24. The number of rotatable bonds is 5. The average Bonchev–Trinajstić information content (AvgIpc) is 2.35. The number of benzene rings is 1. The van der Waals surface area contributed by atoms with Gasteiger partial charge in [-0.3, -0.25) is 0 Å². The molecule has 0 unspecified atom stereocenters. The van der Waals surface area contributed by atoms with E-state index in [1.165, 1.54) is 14.2 Å². The van der Waals surface area contributed by atoms with Crippen LogP contribution < -0.4 is 15.2 Å². The normalized spacial score (nSPS) is 9.88. The van der Waals surface area contributed by atoms with Crippen molar-refractivity contribution < 1.29 is 19.0 Å². The minimum Gasteiger partial charge on any atom is -0.493 e. The number of nitrogens with two attached hydrogens (primary N) is 1. The van der Waals surface area contributed by atoms with Gasteiger partial charge in [0, 0.05) is 23.2 Å². The zero-order valence-electron chi connectivity index (χ0n) is 9.66. The Kier molecular flexibility index (Phi) is 5.06. The van der Waals surface area contributed by atoms with E-state index in [0.29, 0.717) is 22.1 Å². The first-order valence-corrected chi connectivity index (χ1v) is 5.26. The van der Waals surface area contributed by atoms with Gasteiger partial charge >= 0.3 is 5.97 Å². The van der Waals surface area contributed by atoms with Gasteiger partial charge in [-0.25, -0.2) is 4.79 Å². The molecule has 1 aromatic carbocycles. The molecule has 0 aromatic heterocycles. The maximum atomic E-state index is 11.0. The lowest BCUT2D eigenvalue weighted by Crippen LogP contribution is -2.14. The molecule has 0 radical (unpaired) electrons. The Hall–Kier alpha value is -1.46. The van der Waals surface area contributed by atoms with Gasteiger partial charge in [0.1, 0.15) is 0 Å². The van der Waals surface area contributed by atoms with E-state index in [9.17, 15) is 4.79 Å². The van der Waals surface area contributed by atoms with Crippen molar-refractivity contribution in [1.29, 1.82) is 0 Å². The van der Waals surface area contributed by atoms with Gasteiger partial charge in [-0.1, -0.05) is 11.6 Å². The van der Waals surface area contributed by atoms with Gasteiger partial charge in [0.2, 0.25) is 0 Å². The van der Waals surface area contributed by atoms with E-state index in [4.69, 9.17) is 26.8 Å². The van der Waals surface area contributed by atoms with Crippen molar-refractivity contribution in [3.8, 4) is 11.5 Å². The molecule has 0 atom stereocenters. The van der Waals surface area contributed by atoms with Gasteiger partial charge in [-0.05, 0) is 6.07 Å². The molecule has 2 N–H and O–H groups in total. The van der Waals surface area contributed by atoms with Crippen molar-refractivity contribution in [3.63, 3.8) is 0 Å². The van der Waals surface area contributed by atoms with Crippen LogP contribution >= 0.6 is 11.6 Å². The molecule has 1 rings (SSSR count). The first-order chi connectivity index (χ1) is 8.12. The third-order valence-electron chi connectivity index (χ3n) is 2.10. The molecule has 6 heteroatoms. The predicted molar refractivity (Wildman–Crippen MR) is 63.4 cm³/mol. The van der Waals surface area contributed by atoms with Crippen LogP contribution in [-0.2, 0) is 16.1 Å². The number of carbonyl (C=O) groups excluding carboxylic acids is 1. The topological polar surface area (TPSA) is 70.8 Å². The van der Waals surface area contributed by atoms with Crippen LogP contribution in [0.2, 0.25) is 5.02 Å². The van der Waals surface area contributed by atoms with E-state index in [-0.39, 0.29) is 13.2 Å². The molecule has 94 valence electrons. The van der Waals surface area contributed by atoms with E-state index in [2.05, 4.69) is 4.74 Å². The molecule has 0 spiro atoms. The van der Waals surface area contributed by atoms with Crippen molar-refractivity contribution >= 4 is 17.6 Å². The Labute approximate surface area is 104 Å². The molecular weight excluding hydrogens is 246 g/mol. The minimum absolute atomic E-state index is 0.207. The average molecular weight is 260 g/mol. The van der Waals surface area contributed by atoms with Crippen LogP contribution in [0, 0.1) is 0 Å². The van der Waals surface area contributed by atoms with Crippen LogP contribution in [0.15, 0.2) is 12.1 Å². The molecule has 0 amide bonds. The highest BCUT2D eigenvalue weighted by Gasteiger charge is 2.13. The summed E-state index contributed by atoms with van der Waals surface area (Å²) >= 11 is 5.89. The maximum absolute atomic E-state index is 11.0. The number of halogens is 1. The van der Waals surface area contributed by atoms with Crippen molar-refractivity contribution in [1.82, 2.24) is 0 Å². The van der Waals surface area contributed by atoms with E-state index in [0.717, 1.165) is 0 Å². The number of ether oxygens (including phenoxy) is 3. The number of hydrogen-bond acceptors (Lipinski definition) is 5. The second-order valence-electron chi connectivity index (χ2n) is 3.17. The molecule has 0 aliphatic heterocycles. The van der Waals surface area contributed by atoms with Crippen molar-refractivity contribution in [2.75, 3.05) is 20.8 Å². The van der Waals surface area contributed by atoms with E-state index in [1.807, 2.05) is 0 Å². The SMILES string of the molecule is COC(=O)COc1c(CN)cc(Cl)cc1OC. The van der Waals surface area contributed by atoms with E-state index >= 15 is 0 Å². The second kappa shape index (κ2) is 6.32. The molecule has 5 nitrogen and oxygen atoms in total. The Morgan fingerprint density at radius 2 is 2.12 bits per heavy atom. The van der Waals surface area contributed by atoms with Crippen LogP contribution in [0.5, 0.6) is 11.5 Å². The minimum atomic E-state index is -0.482. The molecule has 0 heterocycles. The maximum Gasteiger partial charge on any atom is 0.343 e. The van der Waals surface area contributed by atoms with Crippen LogP contribution in [0.25, 0.3) is 0 Å². The third-order valence-corrected chi connectivity index (χ3v) is 2.32. The fraction of sp³-hybridized carbons (Fsp3) is 0.364. The van der Waals surface area contributed by atoms with Gasteiger partial charge in [-0.2, -0.15) is 0 Å². The van der Waals surface area contributed by atoms with Crippen molar-refractivity contribution in [2.45, 2.75) is 6.54 Å². The number of carbonyl (C=O) groups is 1. The monoisotopic (exact) mass is 259 g/mol. The molecular formula is C11H14ClNO4. The highest BCUT2D eigenvalue weighted by Crippen LogP contribution is 2.34. The van der Waals surface area contributed by atoms with Gasteiger partial charge in [0.25, 0.3) is 0 Å². The van der Waals surface area contributed by atoms with E-state index in [1.54, 1.807) is 12.1 Å². The van der Waals surface area contributed by atoms with E-state index < -0.39 is 5.97 Å². The highest BCUT2D eigenvalue weighted by molar-refractivity contribution is 6.30. The summed E-state index contributed by atoms with van der Waals surface area (Å²) in [6.07, 6.45) is 0. The zero-order valence-corrected chi connectivity index (χ0v) is 10.4. The number of hydrogen-bond donors (Lipinski definition) is 1. The summed E-state index contributed by atoms with van der Waals surface area (Å²) in [5.74, 6) is 0.358. The lowest BCUT2D eigenvalue weighted by Gasteiger charge is -2.14. The lowest BCUT2D eigenvalue weighted by molar-refractivity contribution is -0.142. The van der Waals surface area contributed by atoms with Crippen LogP contribution in [0.3, 0.4) is 0 Å². The smallest absolute Gasteiger partial charge is 0.343 e. The molecule has 0 bridgehead atoms. The molecule has 0 aliphatic rings. The number of methoxy groups -OCH3 is 2. The van der Waals surface area contributed by atoms with Crippen LogP contribution in [0.4, 0.5) is 0 Å². The number of esters is 1. The van der Waals surface area contributed by atoms with Crippen LogP contribution in [0.1, 0.15) is 5.56 Å². The molecule has 0 saturated carbocycles. The molecule has 0 fully saturated rings. The molecule has 17 heavy (non-hydrogen) atoms. The van der Waals surface area contributed by atoms with Gasteiger partial charge in [0.15, 0.2) is 18.1 Å². The van der Waals surface area contributed by atoms with Gasteiger partial charge in [-0.15, -0.1) is 0 Å². The largest absolute Gasteiger partial charge is 0.493 e. The van der Waals surface area contributed by atoms with Gasteiger partial charge in [0.05, 0.1) is 14.2 Å². The first-order valence-electron chi connectivity index (χ1n) is 4.88. The highest BCUT2D eigenvalue weighted by atomic mass is 35.5. The third kappa shape index (κ3) is 3.51. The Bertz CT molecular complexity index is 383. The van der Waals surface area contributed by atoms with Crippen molar-refractivity contribution in [2.24, 2.45) is 5.73 Å². The summed E-state index contributed by atoms with van der Waals surface area (Å²) in [6.45, 7) is 0.0227. The Morgan fingerprint density at radius 1 is 1.41 bits per heavy atom. The Balaban J connectivity index is 2.98. The standard InChI is InChI=1S/C11H14ClNO4/c1-15-9-4-8(12)3-7(5-13)11(9)17-6-10(14)16-2/h3-4H,5-6,13H2,1-2H3. The second-order valence-corrected chi connectivity index (χ2v) is 3.60. The summed E-state index contributed by atoms with van der Waals surface area (Å²) < 4.78 is 14.9. The summed E-state index contributed by atoms with van der Waals surface area (Å²) in [6, 6.07) is 3.25. The van der Waals surface area contributed by atoms with Crippen LogP contribution in [-0.4, -0.2) is 26.8 Å². The summed E-state index contributed by atoms with van der Waals surface area (Å²) in [5, 5.41) is 0.493. The predicted octanol–water partition coefficient (Wildman–Crippen LogP) is 1.36.